The molecule has 2 atom stereocenters. The van der Waals surface area contributed by atoms with Crippen molar-refractivity contribution in [3.63, 3.8) is 0 Å². The number of aliphatic hydroxyl groups is 4. The first-order chi connectivity index (χ1) is 8.56. The molecular formula is C12H21IN2O4. The van der Waals surface area contributed by atoms with Crippen molar-refractivity contribution in [3.05, 3.63) is 24.3 Å². The first kappa shape index (κ1) is 18.7. The molecule has 0 saturated carbocycles. The summed E-state index contributed by atoms with van der Waals surface area (Å²) < 4.78 is 1.83. The molecule has 0 fully saturated rings. The normalized spacial score (nSPS) is 15.4. The highest BCUT2D eigenvalue weighted by Crippen LogP contribution is 2.24. The largest absolute Gasteiger partial charge is 1.00 e. The van der Waals surface area contributed by atoms with Crippen LogP contribution < -0.4 is 28.5 Å². The third-order valence-corrected chi connectivity index (χ3v) is 2.81. The first-order valence-electron chi connectivity index (χ1n) is 5.95. The predicted molar refractivity (Wildman–Crippen MR) is 63.6 cm³/mol. The van der Waals surface area contributed by atoms with Gasteiger partial charge < -0.3 is 44.4 Å². The summed E-state index contributed by atoms with van der Waals surface area (Å²) >= 11 is 0. The number of rotatable bonds is 7. The van der Waals surface area contributed by atoms with Crippen LogP contribution in [-0.4, -0.2) is 50.8 Å². The predicted octanol–water partition coefficient (Wildman–Crippen LogP) is -4.52. The highest BCUT2D eigenvalue weighted by atomic mass is 127. The van der Waals surface area contributed by atoms with Gasteiger partial charge in [0.15, 0.2) is 12.4 Å². The van der Waals surface area contributed by atoms with Crippen LogP contribution in [0.1, 0.15) is 24.5 Å². The molecule has 0 amide bonds. The molecule has 19 heavy (non-hydrogen) atoms. The van der Waals surface area contributed by atoms with E-state index in [4.69, 9.17) is 10.2 Å². The molecule has 0 aliphatic carbocycles. The number of aromatic nitrogens is 2. The van der Waals surface area contributed by atoms with Crippen molar-refractivity contribution in [2.45, 2.75) is 31.0 Å². The number of nitrogens with zero attached hydrogens (tertiary/aromatic N) is 2. The molecule has 1 heterocycles. The van der Waals surface area contributed by atoms with Gasteiger partial charge in [0, 0.05) is 5.92 Å². The van der Waals surface area contributed by atoms with Crippen molar-refractivity contribution in [2.75, 3.05) is 13.2 Å². The minimum absolute atomic E-state index is 0. The lowest BCUT2D eigenvalue weighted by molar-refractivity contribution is -0.672. The van der Waals surface area contributed by atoms with Gasteiger partial charge in [-0.15, -0.1) is 0 Å². The number of aryl methyl sites for hydroxylation is 1. The maximum absolute atomic E-state index is 9.52. The Morgan fingerprint density at radius 2 is 1.68 bits per heavy atom. The Balaban J connectivity index is 0.00000324. The summed E-state index contributed by atoms with van der Waals surface area (Å²) in [4.78, 5) is 4.21. The molecule has 110 valence electrons. The Morgan fingerprint density at radius 1 is 1.16 bits per heavy atom. The SMILES string of the molecule is C[n+]1ccnc(C(CC(O)CO)CC(O)CO)c1.[I-]. The summed E-state index contributed by atoms with van der Waals surface area (Å²) in [5.41, 5.74) is 0.722. The molecule has 2 unspecified atom stereocenters. The van der Waals surface area contributed by atoms with Crippen molar-refractivity contribution in [1.29, 1.82) is 0 Å². The topological polar surface area (TPSA) is 97.7 Å². The second-order valence-corrected chi connectivity index (χ2v) is 4.49. The highest BCUT2D eigenvalue weighted by Gasteiger charge is 2.22. The van der Waals surface area contributed by atoms with Crippen molar-refractivity contribution in [2.24, 2.45) is 7.05 Å². The molecule has 4 N–H and O–H groups in total. The smallest absolute Gasteiger partial charge is 0.190 e. The van der Waals surface area contributed by atoms with Crippen LogP contribution in [0, 0.1) is 0 Å². The van der Waals surface area contributed by atoms with Gasteiger partial charge in [-0.05, 0) is 12.8 Å². The van der Waals surface area contributed by atoms with Gasteiger partial charge in [0.1, 0.15) is 12.7 Å². The van der Waals surface area contributed by atoms with Crippen molar-refractivity contribution in [1.82, 2.24) is 4.98 Å². The second-order valence-electron chi connectivity index (χ2n) is 4.49. The molecule has 1 aromatic heterocycles. The fraction of sp³-hybridized carbons (Fsp3) is 0.667. The molecule has 0 spiro atoms. The van der Waals surface area contributed by atoms with Crippen molar-refractivity contribution in [3.8, 4) is 0 Å². The molecule has 0 saturated heterocycles. The van der Waals surface area contributed by atoms with Crippen LogP contribution in [0.2, 0.25) is 0 Å². The Hall–Kier alpha value is -0.350. The second kappa shape index (κ2) is 9.54. The van der Waals surface area contributed by atoms with E-state index in [9.17, 15) is 10.2 Å². The van der Waals surface area contributed by atoms with E-state index in [1.165, 1.54) is 0 Å². The molecular weight excluding hydrogens is 363 g/mol. The molecule has 0 aliphatic rings. The zero-order chi connectivity index (χ0) is 13.5. The van der Waals surface area contributed by atoms with E-state index in [-0.39, 0.29) is 43.1 Å². The van der Waals surface area contributed by atoms with Gasteiger partial charge in [0.2, 0.25) is 0 Å². The van der Waals surface area contributed by atoms with Crippen LogP contribution in [0.15, 0.2) is 18.6 Å². The Morgan fingerprint density at radius 3 is 2.11 bits per heavy atom. The monoisotopic (exact) mass is 384 g/mol. The average molecular weight is 384 g/mol. The van der Waals surface area contributed by atoms with Crippen LogP contribution in [0.3, 0.4) is 0 Å². The summed E-state index contributed by atoms with van der Waals surface area (Å²) in [5, 5.41) is 36.8. The molecule has 0 radical (unpaired) electrons. The molecule has 0 aliphatic heterocycles. The first-order valence-corrected chi connectivity index (χ1v) is 5.95. The summed E-state index contributed by atoms with van der Waals surface area (Å²) in [6.07, 6.45) is 4.11. The van der Waals surface area contributed by atoms with Gasteiger partial charge in [-0.1, -0.05) is 0 Å². The van der Waals surface area contributed by atoms with Crippen LogP contribution >= 0.6 is 0 Å². The standard InChI is InChI=1S/C12H21N2O4.HI/c1-14-3-2-13-12(6-14)9(4-10(17)7-15)5-11(18)8-16;/h2-3,6,9-11,15-18H,4-5,7-8H2,1H3;1H/q+1;/p-1. The lowest BCUT2D eigenvalue weighted by Crippen LogP contribution is -3.00. The summed E-state index contributed by atoms with van der Waals surface area (Å²) in [6, 6.07) is 0. The van der Waals surface area contributed by atoms with E-state index >= 15 is 0 Å². The summed E-state index contributed by atoms with van der Waals surface area (Å²) in [7, 11) is 1.85. The minimum Gasteiger partial charge on any atom is -1.00 e. The lowest BCUT2D eigenvalue weighted by Gasteiger charge is -2.20. The average Bonchev–Trinajstić information content (AvgIpc) is 2.37. The molecule has 1 rings (SSSR count). The zero-order valence-electron chi connectivity index (χ0n) is 10.9. The third-order valence-electron chi connectivity index (χ3n) is 2.81. The molecule has 0 bridgehead atoms. The van der Waals surface area contributed by atoms with Gasteiger partial charge >= 0.3 is 0 Å². The van der Waals surface area contributed by atoms with E-state index in [1.807, 2.05) is 11.6 Å². The molecule has 0 aromatic carbocycles. The van der Waals surface area contributed by atoms with E-state index in [1.54, 1.807) is 18.6 Å². The number of aliphatic hydroxyl groups excluding tert-OH is 4. The van der Waals surface area contributed by atoms with E-state index in [0.29, 0.717) is 12.8 Å². The number of hydrogen-bond acceptors (Lipinski definition) is 5. The molecule has 1 aromatic rings. The van der Waals surface area contributed by atoms with Crippen molar-refractivity contribution >= 4 is 0 Å². The highest BCUT2D eigenvalue weighted by molar-refractivity contribution is 5.02. The van der Waals surface area contributed by atoms with Crippen LogP contribution in [-0.2, 0) is 7.05 Å². The quantitative estimate of drug-likeness (QED) is 0.281. The van der Waals surface area contributed by atoms with Crippen LogP contribution in [0.25, 0.3) is 0 Å². The Labute approximate surface area is 129 Å². The zero-order valence-corrected chi connectivity index (χ0v) is 13.0. The number of hydrogen-bond donors (Lipinski definition) is 4. The minimum atomic E-state index is -0.854. The lowest BCUT2D eigenvalue weighted by atomic mass is 9.92. The van der Waals surface area contributed by atoms with E-state index < -0.39 is 12.2 Å². The molecule has 7 heteroatoms. The van der Waals surface area contributed by atoms with Gasteiger partial charge in [-0.25, -0.2) is 9.55 Å². The maximum Gasteiger partial charge on any atom is 0.190 e. The molecule has 6 nitrogen and oxygen atoms in total. The summed E-state index contributed by atoms with van der Waals surface area (Å²) in [6.45, 7) is -0.657. The van der Waals surface area contributed by atoms with Gasteiger partial charge in [0.05, 0.1) is 31.6 Å². The van der Waals surface area contributed by atoms with Gasteiger partial charge in [0.25, 0.3) is 0 Å². The number of halogens is 1. The maximum atomic E-state index is 9.52. The van der Waals surface area contributed by atoms with Crippen molar-refractivity contribution < 1.29 is 49.0 Å². The van der Waals surface area contributed by atoms with Crippen LogP contribution in [0.4, 0.5) is 0 Å². The van der Waals surface area contributed by atoms with Gasteiger partial charge in [-0.3, -0.25) is 0 Å². The Bertz CT molecular complexity index is 355. The summed E-state index contributed by atoms with van der Waals surface area (Å²) in [5.74, 6) is -0.207. The van der Waals surface area contributed by atoms with E-state index in [2.05, 4.69) is 4.98 Å². The van der Waals surface area contributed by atoms with Crippen LogP contribution in [0.5, 0.6) is 0 Å². The Kier molecular flexibility index (Phi) is 9.36. The van der Waals surface area contributed by atoms with Gasteiger partial charge in [-0.2, -0.15) is 0 Å². The fourth-order valence-corrected chi connectivity index (χ4v) is 1.86. The van der Waals surface area contributed by atoms with E-state index in [0.717, 1.165) is 5.69 Å². The third kappa shape index (κ3) is 6.57. The fourth-order valence-electron chi connectivity index (χ4n) is 1.86.